The van der Waals surface area contributed by atoms with E-state index in [0.717, 1.165) is 37.9 Å². The normalized spacial score (nSPS) is 37.6. The molecule has 2 saturated carbocycles. The van der Waals surface area contributed by atoms with Crippen LogP contribution in [0, 0.1) is 11.3 Å². The van der Waals surface area contributed by atoms with E-state index in [1.165, 1.54) is 51.6 Å². The lowest BCUT2D eigenvalue weighted by Crippen LogP contribution is -2.50. The molecule has 0 aromatic carbocycles. The van der Waals surface area contributed by atoms with Crippen molar-refractivity contribution in [1.82, 2.24) is 10.2 Å². The molecule has 0 radical (unpaired) electrons. The third-order valence-corrected chi connectivity index (χ3v) is 6.17. The molecule has 3 aliphatic rings. The Kier molecular flexibility index (Phi) is 4.63. The second-order valence-corrected chi connectivity index (χ2v) is 8.61. The number of likely N-dealkylation sites (tertiary alicyclic amines) is 1. The van der Waals surface area contributed by atoms with Crippen molar-refractivity contribution in [3.8, 4) is 0 Å². The summed E-state index contributed by atoms with van der Waals surface area (Å²) >= 11 is 0. The van der Waals surface area contributed by atoms with Gasteiger partial charge in [0.05, 0.1) is 5.60 Å². The lowest BCUT2D eigenvalue weighted by Gasteiger charge is -2.45. The van der Waals surface area contributed by atoms with Crippen molar-refractivity contribution in [2.24, 2.45) is 11.3 Å². The first-order valence-electron chi connectivity index (χ1n) is 9.15. The van der Waals surface area contributed by atoms with Crippen LogP contribution in [0.5, 0.6) is 0 Å². The summed E-state index contributed by atoms with van der Waals surface area (Å²) in [6.45, 7) is 9.03. The Hall–Kier alpha value is -0.120. The van der Waals surface area contributed by atoms with Gasteiger partial charge >= 0.3 is 0 Å². The summed E-state index contributed by atoms with van der Waals surface area (Å²) in [5.74, 6) is 0.918. The van der Waals surface area contributed by atoms with Crippen LogP contribution >= 0.6 is 0 Å². The van der Waals surface area contributed by atoms with Crippen LogP contribution < -0.4 is 5.32 Å². The lowest BCUT2D eigenvalue weighted by molar-refractivity contribution is -0.0215. The molecule has 0 unspecified atom stereocenters. The molecule has 0 aromatic rings. The zero-order valence-corrected chi connectivity index (χ0v) is 14.0. The van der Waals surface area contributed by atoms with E-state index >= 15 is 0 Å². The van der Waals surface area contributed by atoms with Gasteiger partial charge in [-0.1, -0.05) is 19.8 Å². The highest BCUT2D eigenvalue weighted by atomic mass is 16.3. The average Bonchev–Trinajstić information content (AvgIpc) is 3.27. The molecule has 2 N–H and O–H groups in total. The van der Waals surface area contributed by atoms with Gasteiger partial charge in [0.1, 0.15) is 0 Å². The van der Waals surface area contributed by atoms with Gasteiger partial charge in [-0.05, 0) is 56.8 Å². The fraction of sp³-hybridized carbons (Fsp3) is 1.00. The highest BCUT2D eigenvalue weighted by Crippen LogP contribution is 2.40. The lowest BCUT2D eigenvalue weighted by atomic mass is 9.70. The van der Waals surface area contributed by atoms with Gasteiger partial charge in [0.15, 0.2) is 0 Å². The van der Waals surface area contributed by atoms with Crippen LogP contribution in [0.25, 0.3) is 0 Å². The quantitative estimate of drug-likeness (QED) is 0.818. The standard InChI is InChI=1S/C18H34N2O/c1-15-5-7-18(8-6-15,13-19-16-3-4-16)14-20-11-9-17(2,21)10-12-20/h15-16,19,21H,3-14H2,1-2H3. The van der Waals surface area contributed by atoms with Crippen LogP contribution in [0.2, 0.25) is 0 Å². The predicted octanol–water partition coefficient (Wildman–Crippen LogP) is 2.78. The van der Waals surface area contributed by atoms with E-state index in [9.17, 15) is 5.11 Å². The summed E-state index contributed by atoms with van der Waals surface area (Å²) < 4.78 is 0. The van der Waals surface area contributed by atoms with E-state index in [4.69, 9.17) is 0 Å². The molecule has 0 bridgehead atoms. The van der Waals surface area contributed by atoms with E-state index in [-0.39, 0.29) is 0 Å². The average molecular weight is 294 g/mol. The molecule has 0 aromatic heterocycles. The van der Waals surface area contributed by atoms with Crippen LogP contribution in [0.15, 0.2) is 0 Å². The largest absolute Gasteiger partial charge is 0.390 e. The third kappa shape index (κ3) is 4.43. The van der Waals surface area contributed by atoms with Crippen molar-refractivity contribution in [3.63, 3.8) is 0 Å². The summed E-state index contributed by atoms with van der Waals surface area (Å²) in [6, 6.07) is 0.823. The van der Waals surface area contributed by atoms with Crippen molar-refractivity contribution < 1.29 is 5.11 Å². The van der Waals surface area contributed by atoms with E-state index < -0.39 is 5.60 Å². The molecule has 2 aliphatic carbocycles. The summed E-state index contributed by atoms with van der Waals surface area (Å²) in [5.41, 5.74) is 0.0787. The monoisotopic (exact) mass is 294 g/mol. The molecule has 21 heavy (non-hydrogen) atoms. The number of aliphatic hydroxyl groups is 1. The van der Waals surface area contributed by atoms with E-state index in [1.807, 2.05) is 6.92 Å². The molecule has 1 saturated heterocycles. The van der Waals surface area contributed by atoms with Gasteiger partial charge in [-0.2, -0.15) is 0 Å². The van der Waals surface area contributed by atoms with Crippen molar-refractivity contribution in [2.75, 3.05) is 26.2 Å². The highest BCUT2D eigenvalue weighted by molar-refractivity contribution is 4.94. The molecular weight excluding hydrogens is 260 g/mol. The fourth-order valence-corrected chi connectivity index (χ4v) is 4.08. The van der Waals surface area contributed by atoms with E-state index in [2.05, 4.69) is 17.1 Å². The number of hydrogen-bond donors (Lipinski definition) is 2. The van der Waals surface area contributed by atoms with Crippen molar-refractivity contribution in [2.45, 2.75) is 76.9 Å². The van der Waals surface area contributed by atoms with Crippen molar-refractivity contribution >= 4 is 0 Å². The molecule has 0 atom stereocenters. The third-order valence-electron chi connectivity index (χ3n) is 6.17. The zero-order valence-electron chi connectivity index (χ0n) is 14.0. The number of nitrogens with zero attached hydrogens (tertiary/aromatic N) is 1. The van der Waals surface area contributed by atoms with Crippen molar-refractivity contribution in [1.29, 1.82) is 0 Å². The van der Waals surface area contributed by atoms with Gasteiger partial charge < -0.3 is 15.3 Å². The molecule has 122 valence electrons. The number of nitrogens with one attached hydrogen (secondary N) is 1. The van der Waals surface area contributed by atoms with Crippen LogP contribution in [0.3, 0.4) is 0 Å². The summed E-state index contributed by atoms with van der Waals surface area (Å²) in [4.78, 5) is 2.63. The molecule has 0 spiro atoms. The van der Waals surface area contributed by atoms with E-state index in [0.29, 0.717) is 5.41 Å². The smallest absolute Gasteiger partial charge is 0.0644 e. The number of hydrogen-bond acceptors (Lipinski definition) is 3. The van der Waals surface area contributed by atoms with Crippen LogP contribution in [0.4, 0.5) is 0 Å². The topological polar surface area (TPSA) is 35.5 Å². The van der Waals surface area contributed by atoms with E-state index in [1.54, 1.807) is 0 Å². The minimum Gasteiger partial charge on any atom is -0.390 e. The summed E-state index contributed by atoms with van der Waals surface area (Å²) in [6.07, 6.45) is 10.2. The molecular formula is C18H34N2O. The molecule has 1 aliphatic heterocycles. The first-order valence-corrected chi connectivity index (χ1v) is 9.15. The molecule has 3 fully saturated rings. The maximum Gasteiger partial charge on any atom is 0.0644 e. The molecule has 1 heterocycles. The maximum atomic E-state index is 10.1. The molecule has 0 amide bonds. The van der Waals surface area contributed by atoms with Gasteiger partial charge in [0.25, 0.3) is 0 Å². The Morgan fingerprint density at radius 2 is 1.67 bits per heavy atom. The Bertz CT molecular complexity index is 333. The number of rotatable bonds is 5. The minimum absolute atomic E-state index is 0.420. The van der Waals surface area contributed by atoms with Crippen molar-refractivity contribution in [3.05, 3.63) is 0 Å². The molecule has 3 rings (SSSR count). The Morgan fingerprint density at radius 1 is 1.05 bits per heavy atom. The second kappa shape index (κ2) is 6.17. The van der Waals surface area contributed by atoms with Gasteiger partial charge in [0, 0.05) is 32.2 Å². The Morgan fingerprint density at radius 3 is 2.24 bits per heavy atom. The van der Waals surface area contributed by atoms with Crippen LogP contribution in [0.1, 0.15) is 65.2 Å². The zero-order chi connectivity index (χ0) is 14.9. The van der Waals surface area contributed by atoms with Gasteiger partial charge in [-0.15, -0.1) is 0 Å². The fourth-order valence-electron chi connectivity index (χ4n) is 4.08. The van der Waals surface area contributed by atoms with Crippen LogP contribution in [-0.4, -0.2) is 47.8 Å². The highest BCUT2D eigenvalue weighted by Gasteiger charge is 2.38. The predicted molar refractivity (Wildman–Crippen MR) is 87.4 cm³/mol. The first-order chi connectivity index (χ1) is 9.96. The summed E-state index contributed by atoms with van der Waals surface area (Å²) in [5, 5.41) is 14.0. The minimum atomic E-state index is -0.420. The SMILES string of the molecule is CC1CCC(CNC2CC2)(CN2CCC(C)(O)CC2)CC1. The van der Waals surface area contributed by atoms with Gasteiger partial charge in [-0.3, -0.25) is 0 Å². The van der Waals surface area contributed by atoms with Gasteiger partial charge in [-0.25, -0.2) is 0 Å². The maximum absolute atomic E-state index is 10.1. The summed E-state index contributed by atoms with van der Waals surface area (Å²) in [7, 11) is 0. The first kappa shape index (κ1) is 15.8. The van der Waals surface area contributed by atoms with Gasteiger partial charge in [0.2, 0.25) is 0 Å². The molecule has 3 heteroatoms. The Labute approximate surface area is 130 Å². The van der Waals surface area contributed by atoms with Crippen LogP contribution in [-0.2, 0) is 0 Å². The second-order valence-electron chi connectivity index (χ2n) is 8.61. The Balaban J connectivity index is 1.56. The molecule has 3 nitrogen and oxygen atoms in total. The number of piperidine rings is 1.